The van der Waals surface area contributed by atoms with E-state index in [9.17, 15) is 4.39 Å². The van der Waals surface area contributed by atoms with Crippen LogP contribution in [0.25, 0.3) is 11.1 Å². The fourth-order valence-electron chi connectivity index (χ4n) is 3.52. The molecule has 0 bridgehead atoms. The van der Waals surface area contributed by atoms with Gasteiger partial charge in [-0.3, -0.25) is 4.98 Å². The molecule has 6 nitrogen and oxygen atoms in total. The average molecular weight is 407 g/mol. The molecule has 1 aliphatic heterocycles. The number of hydrogen-bond acceptors (Lipinski definition) is 6. The molecular formula is C23H22FN3O3. The van der Waals surface area contributed by atoms with Crippen molar-refractivity contribution >= 4 is 6.02 Å². The molecule has 1 atom stereocenters. The maximum Gasteiger partial charge on any atom is 0.283 e. The summed E-state index contributed by atoms with van der Waals surface area (Å²) in [5, 5.41) is 0. The van der Waals surface area contributed by atoms with E-state index in [1.165, 1.54) is 0 Å². The van der Waals surface area contributed by atoms with Crippen molar-refractivity contribution in [1.29, 1.82) is 0 Å². The lowest BCUT2D eigenvalue weighted by Crippen LogP contribution is -2.27. The van der Waals surface area contributed by atoms with Crippen LogP contribution in [0.2, 0.25) is 0 Å². The van der Waals surface area contributed by atoms with Gasteiger partial charge in [-0.25, -0.2) is 9.38 Å². The quantitative estimate of drug-likeness (QED) is 0.646. The number of ether oxygens (including phenoxy) is 3. The van der Waals surface area contributed by atoms with Crippen LogP contribution in [0.1, 0.15) is 11.1 Å². The summed E-state index contributed by atoms with van der Waals surface area (Å²) < 4.78 is 28.6. The number of aromatic nitrogens is 1. The summed E-state index contributed by atoms with van der Waals surface area (Å²) in [5.41, 5.74) is 8.85. The molecule has 3 aromatic rings. The van der Waals surface area contributed by atoms with Gasteiger partial charge in [-0.2, -0.15) is 0 Å². The Morgan fingerprint density at radius 3 is 2.57 bits per heavy atom. The first-order valence-corrected chi connectivity index (χ1v) is 9.52. The molecule has 1 aromatic heterocycles. The Morgan fingerprint density at radius 2 is 1.87 bits per heavy atom. The van der Waals surface area contributed by atoms with Gasteiger partial charge in [-0.15, -0.1) is 0 Å². The Bertz CT molecular complexity index is 1060. The molecule has 7 heteroatoms. The molecule has 0 radical (unpaired) electrons. The van der Waals surface area contributed by atoms with Gasteiger partial charge in [-0.1, -0.05) is 30.3 Å². The summed E-state index contributed by atoms with van der Waals surface area (Å²) in [4.78, 5) is 8.89. The zero-order valence-corrected chi connectivity index (χ0v) is 16.5. The number of aliphatic imine (C=N–C) groups is 1. The third kappa shape index (κ3) is 3.78. The van der Waals surface area contributed by atoms with Crippen LogP contribution in [0, 0.1) is 0 Å². The summed E-state index contributed by atoms with van der Waals surface area (Å²) in [7, 11) is 1.61. The van der Waals surface area contributed by atoms with E-state index < -0.39 is 12.2 Å². The molecule has 30 heavy (non-hydrogen) atoms. The number of pyridine rings is 1. The minimum Gasteiger partial charge on any atom is -0.495 e. The van der Waals surface area contributed by atoms with Crippen LogP contribution in [0.3, 0.4) is 0 Å². The lowest BCUT2D eigenvalue weighted by atomic mass is 9.83. The maximum atomic E-state index is 12.4. The summed E-state index contributed by atoms with van der Waals surface area (Å²) in [6.45, 7) is -0.231. The first-order valence-electron chi connectivity index (χ1n) is 9.52. The number of rotatable bonds is 7. The third-order valence-electron chi connectivity index (χ3n) is 5.03. The van der Waals surface area contributed by atoms with Crippen LogP contribution in [0.5, 0.6) is 11.5 Å². The Labute approximate surface area is 174 Å². The van der Waals surface area contributed by atoms with E-state index in [0.717, 1.165) is 22.3 Å². The number of alkyl halides is 1. The molecule has 0 aliphatic carbocycles. The standard InChI is InChI=1S/C23H22FN3O3/c1-28-21-12-17(13-26-14-21)16-3-2-4-19(11-16)23(15-30-22(25)27-23)18-5-7-20(8-6-18)29-10-9-24/h2-8,11-14H,9-10,15H2,1H3,(H2,25,27). The predicted molar refractivity (Wildman–Crippen MR) is 112 cm³/mol. The van der Waals surface area contributed by atoms with E-state index in [1.54, 1.807) is 31.6 Å². The highest BCUT2D eigenvalue weighted by atomic mass is 19.1. The zero-order valence-electron chi connectivity index (χ0n) is 16.5. The second-order valence-electron chi connectivity index (χ2n) is 6.86. The minimum atomic E-state index is -0.787. The van der Waals surface area contributed by atoms with Crippen LogP contribution in [0.15, 0.2) is 72.0 Å². The predicted octanol–water partition coefficient (Wildman–Crippen LogP) is 3.69. The van der Waals surface area contributed by atoms with Crippen molar-refractivity contribution in [1.82, 2.24) is 4.98 Å². The maximum absolute atomic E-state index is 12.4. The highest BCUT2D eigenvalue weighted by molar-refractivity contribution is 5.76. The Balaban J connectivity index is 1.75. The van der Waals surface area contributed by atoms with Crippen molar-refractivity contribution in [3.8, 4) is 22.6 Å². The van der Waals surface area contributed by atoms with Crippen LogP contribution in [-0.2, 0) is 10.3 Å². The van der Waals surface area contributed by atoms with Crippen molar-refractivity contribution in [3.63, 3.8) is 0 Å². The van der Waals surface area contributed by atoms with Crippen molar-refractivity contribution < 1.29 is 18.6 Å². The molecule has 2 aromatic carbocycles. The van der Waals surface area contributed by atoms with E-state index >= 15 is 0 Å². The van der Waals surface area contributed by atoms with Crippen molar-refractivity contribution in [2.24, 2.45) is 10.7 Å². The van der Waals surface area contributed by atoms with Crippen LogP contribution in [-0.4, -0.2) is 38.0 Å². The average Bonchev–Trinajstić information content (AvgIpc) is 3.21. The molecule has 0 spiro atoms. The summed E-state index contributed by atoms with van der Waals surface area (Å²) in [5.74, 6) is 1.28. The van der Waals surface area contributed by atoms with Gasteiger partial charge in [0, 0.05) is 11.8 Å². The smallest absolute Gasteiger partial charge is 0.283 e. The van der Waals surface area contributed by atoms with E-state index in [2.05, 4.69) is 16.0 Å². The second kappa shape index (κ2) is 8.41. The minimum absolute atomic E-state index is 0.0231. The number of nitrogens with two attached hydrogens (primary N) is 1. The van der Waals surface area contributed by atoms with Crippen molar-refractivity contribution in [3.05, 3.63) is 78.1 Å². The van der Waals surface area contributed by atoms with Crippen molar-refractivity contribution in [2.45, 2.75) is 5.54 Å². The molecular weight excluding hydrogens is 385 g/mol. The zero-order chi connectivity index (χ0) is 21.0. The molecule has 1 unspecified atom stereocenters. The fourth-order valence-corrected chi connectivity index (χ4v) is 3.52. The van der Waals surface area contributed by atoms with Crippen LogP contribution in [0.4, 0.5) is 4.39 Å². The number of methoxy groups -OCH3 is 1. The van der Waals surface area contributed by atoms with Gasteiger partial charge in [0.15, 0.2) is 5.54 Å². The molecule has 0 saturated heterocycles. The molecule has 154 valence electrons. The molecule has 0 amide bonds. The lowest BCUT2D eigenvalue weighted by Gasteiger charge is -2.26. The summed E-state index contributed by atoms with van der Waals surface area (Å²) in [6, 6.07) is 17.5. The van der Waals surface area contributed by atoms with E-state index in [4.69, 9.17) is 19.9 Å². The van der Waals surface area contributed by atoms with Gasteiger partial charge in [0.25, 0.3) is 6.02 Å². The largest absolute Gasteiger partial charge is 0.495 e. The fraction of sp³-hybridized carbons (Fsp3) is 0.217. The SMILES string of the molecule is COc1cncc(-c2cccc(C3(c4ccc(OCCF)cc4)COC(N)=N3)c2)c1. The van der Waals surface area contributed by atoms with Crippen molar-refractivity contribution in [2.75, 3.05) is 27.0 Å². The molecule has 2 heterocycles. The molecule has 2 N–H and O–H groups in total. The van der Waals surface area contributed by atoms with E-state index in [1.807, 2.05) is 36.4 Å². The van der Waals surface area contributed by atoms with E-state index in [0.29, 0.717) is 11.5 Å². The molecule has 4 rings (SSSR count). The van der Waals surface area contributed by atoms with Gasteiger partial charge >= 0.3 is 0 Å². The second-order valence-corrected chi connectivity index (χ2v) is 6.86. The summed E-state index contributed by atoms with van der Waals surface area (Å²) in [6.07, 6.45) is 3.45. The third-order valence-corrected chi connectivity index (χ3v) is 5.03. The van der Waals surface area contributed by atoms with Gasteiger partial charge in [-0.05, 0) is 41.0 Å². The van der Waals surface area contributed by atoms with Gasteiger partial charge in [0.2, 0.25) is 0 Å². The molecule has 0 fully saturated rings. The number of halogens is 1. The normalized spacial score (nSPS) is 17.9. The van der Waals surface area contributed by atoms with E-state index in [-0.39, 0.29) is 19.2 Å². The number of nitrogens with zero attached hydrogens (tertiary/aromatic N) is 2. The monoisotopic (exact) mass is 407 g/mol. The van der Waals surface area contributed by atoms with Gasteiger partial charge in [0.1, 0.15) is 31.4 Å². The summed E-state index contributed by atoms with van der Waals surface area (Å²) >= 11 is 0. The Morgan fingerprint density at radius 1 is 1.03 bits per heavy atom. The highest BCUT2D eigenvalue weighted by Gasteiger charge is 2.40. The number of benzene rings is 2. The number of hydrogen-bond donors (Lipinski definition) is 1. The van der Waals surface area contributed by atoms with Crippen LogP contribution >= 0.6 is 0 Å². The topological polar surface area (TPSA) is 79.0 Å². The number of amidine groups is 1. The van der Waals surface area contributed by atoms with Gasteiger partial charge < -0.3 is 19.9 Å². The Kier molecular flexibility index (Phi) is 5.52. The first kappa shape index (κ1) is 19.7. The molecule has 1 aliphatic rings. The Hall–Kier alpha value is -3.61. The highest BCUT2D eigenvalue weighted by Crippen LogP contribution is 2.39. The first-order chi connectivity index (χ1) is 14.6. The molecule has 0 saturated carbocycles. The van der Waals surface area contributed by atoms with Crippen LogP contribution < -0.4 is 15.2 Å². The lowest BCUT2D eigenvalue weighted by molar-refractivity contribution is 0.271. The van der Waals surface area contributed by atoms with Gasteiger partial charge in [0.05, 0.1) is 13.3 Å².